The Morgan fingerprint density at radius 1 is 1.45 bits per heavy atom. The maximum atomic E-state index is 11.0. The van der Waals surface area contributed by atoms with Crippen molar-refractivity contribution in [2.24, 2.45) is 5.73 Å². The second-order valence-electron chi connectivity index (χ2n) is 4.04. The molecule has 2 heterocycles. The lowest BCUT2D eigenvalue weighted by Crippen LogP contribution is -2.21. The first-order valence-electron chi connectivity index (χ1n) is 6.20. The van der Waals surface area contributed by atoms with Crippen molar-refractivity contribution in [3.8, 4) is 0 Å². The minimum Gasteiger partial charge on any atom is -0.546 e. The van der Waals surface area contributed by atoms with Crippen LogP contribution < -0.4 is 22.1 Å². The van der Waals surface area contributed by atoms with E-state index in [9.17, 15) is 4.55 Å². The summed E-state index contributed by atoms with van der Waals surface area (Å²) in [5, 5.41) is 13.3. The van der Waals surface area contributed by atoms with Crippen LogP contribution in [0.4, 0.5) is 17.5 Å². The van der Waals surface area contributed by atoms with Crippen LogP contribution in [-0.4, -0.2) is 41.5 Å². The van der Waals surface area contributed by atoms with E-state index >= 15 is 0 Å². The predicted octanol–water partition coefficient (Wildman–Crippen LogP) is 0.476. The molecule has 118 valence electrons. The summed E-state index contributed by atoms with van der Waals surface area (Å²) in [5.41, 5.74) is 10.8. The van der Waals surface area contributed by atoms with Gasteiger partial charge in [0.25, 0.3) is 0 Å². The molecule has 2 aromatic heterocycles. The zero-order valence-corrected chi connectivity index (χ0v) is 13.1. The molecule has 1 unspecified atom stereocenters. The van der Waals surface area contributed by atoms with Crippen molar-refractivity contribution in [2.75, 3.05) is 28.7 Å². The summed E-state index contributed by atoms with van der Waals surface area (Å²) >= 11 is -0.128. The molecule has 1 atom stereocenters. The fourth-order valence-corrected chi connectivity index (χ4v) is 2.84. The highest BCUT2D eigenvalue weighted by atomic mass is 32.2. The van der Waals surface area contributed by atoms with Crippen LogP contribution >= 0.6 is 22.9 Å². The van der Waals surface area contributed by atoms with Crippen LogP contribution in [0.3, 0.4) is 0 Å². The van der Waals surface area contributed by atoms with Crippen LogP contribution in [0.2, 0.25) is 0 Å². The first-order chi connectivity index (χ1) is 10.5. The van der Waals surface area contributed by atoms with Gasteiger partial charge in [-0.1, -0.05) is 11.8 Å². The third-order valence-corrected chi connectivity index (χ3v) is 3.97. The topological polar surface area (TPSA) is 175 Å². The fraction of sp³-hybridized carbons (Fsp3) is 0.300. The lowest BCUT2D eigenvalue weighted by molar-refractivity contribution is 0.585. The van der Waals surface area contributed by atoms with Crippen molar-refractivity contribution in [2.45, 2.75) is 11.6 Å². The highest BCUT2D eigenvalue weighted by Crippen LogP contribution is 2.19. The van der Waals surface area contributed by atoms with Gasteiger partial charge in [-0.05, 0) is 12.5 Å². The number of nitrogens with two attached hydrogens (primary N) is 2. The van der Waals surface area contributed by atoms with Gasteiger partial charge < -0.3 is 26.7 Å². The molecule has 0 aliphatic rings. The smallest absolute Gasteiger partial charge is 0.232 e. The van der Waals surface area contributed by atoms with Crippen molar-refractivity contribution in [1.29, 1.82) is 5.41 Å². The molecule has 22 heavy (non-hydrogen) atoms. The fourth-order valence-electron chi connectivity index (χ4n) is 1.46. The van der Waals surface area contributed by atoms with Gasteiger partial charge in [0.05, 0.1) is 0 Å². The van der Waals surface area contributed by atoms with Gasteiger partial charge in [0.2, 0.25) is 11.6 Å². The van der Waals surface area contributed by atoms with Crippen LogP contribution in [0.1, 0.15) is 6.42 Å². The lowest BCUT2D eigenvalue weighted by atomic mass is 10.5. The molecule has 0 bridgehead atoms. The number of nitrogen functional groups attached to an aromatic ring is 1. The Balaban J connectivity index is 1.72. The molecule has 0 spiro atoms. The van der Waals surface area contributed by atoms with Gasteiger partial charge in [-0.15, -0.1) is 0 Å². The molecular weight excluding hydrogens is 326 g/mol. The molecule has 0 saturated carbocycles. The van der Waals surface area contributed by atoms with E-state index in [4.69, 9.17) is 16.9 Å². The van der Waals surface area contributed by atoms with Gasteiger partial charge >= 0.3 is 0 Å². The van der Waals surface area contributed by atoms with Gasteiger partial charge in [-0.3, -0.25) is 5.41 Å². The molecule has 0 saturated heterocycles. The molecule has 10 nitrogen and oxygen atoms in total. The highest BCUT2D eigenvalue weighted by molar-refractivity contribution is 7.99. The summed E-state index contributed by atoms with van der Waals surface area (Å²) in [5.74, 6) is 1.61. The van der Waals surface area contributed by atoms with Crippen molar-refractivity contribution in [3.63, 3.8) is 0 Å². The van der Waals surface area contributed by atoms with Gasteiger partial charge in [-0.25, -0.2) is 9.97 Å². The van der Waals surface area contributed by atoms with Gasteiger partial charge in [0.1, 0.15) is 5.82 Å². The van der Waals surface area contributed by atoms with Crippen LogP contribution in [0.25, 0.3) is 0 Å². The minimum atomic E-state index is -1.60. The summed E-state index contributed by atoms with van der Waals surface area (Å²) in [6, 6.07) is 1.63. The Bertz CT molecular complexity index is 647. The number of rotatable bonds is 7. The van der Waals surface area contributed by atoms with E-state index in [2.05, 4.69) is 29.3 Å². The molecule has 2 rings (SSSR count). The van der Waals surface area contributed by atoms with E-state index in [1.54, 1.807) is 12.3 Å². The molecule has 12 heteroatoms. The standard InChI is InChI=1S/C10H15N9OS2/c11-7-8(19-22(20)18-7)14-3-1-5-21-10-15-4-2-6(17-10)16-9(12)13/h2,4H,1,3,5H2,(H2,11,18)(H,14,19)(H4,12,13,15,16,17). The van der Waals surface area contributed by atoms with E-state index in [0.29, 0.717) is 23.3 Å². The van der Waals surface area contributed by atoms with E-state index in [1.165, 1.54) is 11.8 Å². The first-order valence-corrected chi connectivity index (χ1v) is 8.25. The largest absolute Gasteiger partial charge is 0.546 e. The normalized spacial score (nSPS) is 11.2. The molecule has 0 aliphatic carbocycles. The molecule has 0 aromatic carbocycles. The monoisotopic (exact) mass is 341 g/mol. The number of nitrogens with one attached hydrogen (secondary N) is 3. The zero-order chi connectivity index (χ0) is 15.9. The predicted molar refractivity (Wildman–Crippen MR) is 86.5 cm³/mol. The lowest BCUT2D eigenvalue weighted by Gasteiger charge is -2.05. The van der Waals surface area contributed by atoms with Gasteiger partial charge in [0.15, 0.2) is 22.3 Å². The molecular formula is C10H15N9OS2. The second-order valence-corrected chi connectivity index (χ2v) is 5.93. The third kappa shape index (κ3) is 4.98. The van der Waals surface area contributed by atoms with E-state index in [-0.39, 0.29) is 11.8 Å². The quantitative estimate of drug-likeness (QED) is 0.119. The molecule has 0 amide bonds. The highest BCUT2D eigenvalue weighted by Gasteiger charge is 2.10. The van der Waals surface area contributed by atoms with Crippen molar-refractivity contribution in [1.82, 2.24) is 18.7 Å². The van der Waals surface area contributed by atoms with Crippen LogP contribution in [0.5, 0.6) is 0 Å². The number of hydrogen-bond donors (Lipinski definition) is 5. The Labute approximate surface area is 133 Å². The maximum Gasteiger partial charge on any atom is 0.232 e. The Morgan fingerprint density at radius 3 is 2.95 bits per heavy atom. The second kappa shape index (κ2) is 7.72. The Kier molecular flexibility index (Phi) is 5.68. The van der Waals surface area contributed by atoms with Crippen LogP contribution in [0, 0.1) is 5.41 Å². The summed E-state index contributed by atoms with van der Waals surface area (Å²) < 4.78 is 18.3. The van der Waals surface area contributed by atoms with Crippen molar-refractivity contribution >= 4 is 46.3 Å². The zero-order valence-electron chi connectivity index (χ0n) is 11.4. The first kappa shape index (κ1) is 16.2. The molecule has 0 radical (unpaired) electrons. The maximum absolute atomic E-state index is 11.0. The number of anilines is 3. The average Bonchev–Trinajstić information content (AvgIpc) is 2.76. The number of hydrogen-bond acceptors (Lipinski definition) is 9. The molecule has 7 N–H and O–H groups in total. The van der Waals surface area contributed by atoms with Gasteiger partial charge in [0, 0.05) is 27.2 Å². The van der Waals surface area contributed by atoms with Crippen molar-refractivity contribution < 1.29 is 4.55 Å². The minimum absolute atomic E-state index is 0.164. The Hall–Kier alpha value is -2.18. The third-order valence-electron chi connectivity index (χ3n) is 2.33. The number of thioether (sulfide) groups is 1. The number of aromatic nitrogens is 4. The SMILES string of the molecule is N=C(N)Nc1ccnc(SCCCNc2n[s+]([O-])nc2N)n1. The van der Waals surface area contributed by atoms with E-state index < -0.39 is 11.1 Å². The average molecular weight is 341 g/mol. The summed E-state index contributed by atoms with van der Waals surface area (Å²) in [6.07, 6.45) is 2.40. The summed E-state index contributed by atoms with van der Waals surface area (Å²) in [7, 11) is 0. The van der Waals surface area contributed by atoms with E-state index in [1.807, 2.05) is 0 Å². The molecule has 0 fully saturated rings. The summed E-state index contributed by atoms with van der Waals surface area (Å²) in [4.78, 5) is 8.33. The van der Waals surface area contributed by atoms with Gasteiger partial charge in [-0.2, -0.15) is 0 Å². The van der Waals surface area contributed by atoms with E-state index in [0.717, 1.165) is 12.2 Å². The number of nitrogens with zero attached hydrogens (tertiary/aromatic N) is 4. The van der Waals surface area contributed by atoms with Crippen LogP contribution in [-0.2, 0) is 0 Å². The molecule has 2 aromatic rings. The Morgan fingerprint density at radius 2 is 2.27 bits per heavy atom. The van der Waals surface area contributed by atoms with Crippen molar-refractivity contribution in [3.05, 3.63) is 12.3 Å². The number of guanidine groups is 1. The molecule has 0 aliphatic heterocycles. The van der Waals surface area contributed by atoms with Crippen LogP contribution in [0.15, 0.2) is 17.4 Å². The summed E-state index contributed by atoms with van der Waals surface area (Å²) in [6.45, 7) is 0.616.